The molecule has 6 heteroatoms. The predicted octanol–water partition coefficient (Wildman–Crippen LogP) is 5.51. The molecule has 0 radical (unpaired) electrons. The Bertz CT molecular complexity index is 921. The Kier molecular flexibility index (Phi) is 4.64. The number of rotatable bonds is 3. The van der Waals surface area contributed by atoms with Crippen molar-refractivity contribution in [3.05, 3.63) is 69.3 Å². The van der Waals surface area contributed by atoms with Crippen LogP contribution in [0.1, 0.15) is 16.1 Å². The summed E-state index contributed by atoms with van der Waals surface area (Å²) in [6.07, 6.45) is 0. The zero-order valence-corrected chi connectivity index (χ0v) is 15.1. The number of hydrogen-bond acceptors (Lipinski definition) is 3. The third-order valence-corrected chi connectivity index (χ3v) is 4.53. The maximum absolute atomic E-state index is 12.3. The minimum absolute atomic E-state index is 0.201. The number of amides is 1. The standard InChI is InChI=1S/C18H14BrClN2O2/c1-10-12(3-2-4-13(10)20)16-7-8-17(24-16)18(23)22-15-6-5-11(19)9-14(15)21/h2-9H,21H2,1H3,(H,22,23). The molecule has 3 rings (SSSR count). The maximum Gasteiger partial charge on any atom is 0.291 e. The Balaban J connectivity index is 1.85. The van der Waals surface area contributed by atoms with Gasteiger partial charge in [-0.2, -0.15) is 0 Å². The van der Waals surface area contributed by atoms with Crippen molar-refractivity contribution < 1.29 is 9.21 Å². The van der Waals surface area contributed by atoms with E-state index >= 15 is 0 Å². The number of carbonyl (C=O) groups excluding carboxylic acids is 1. The van der Waals surface area contributed by atoms with Crippen molar-refractivity contribution in [2.24, 2.45) is 0 Å². The molecule has 0 aliphatic carbocycles. The van der Waals surface area contributed by atoms with Gasteiger partial charge in [-0.05, 0) is 48.9 Å². The van der Waals surface area contributed by atoms with Gasteiger partial charge in [-0.3, -0.25) is 4.79 Å². The quantitative estimate of drug-likeness (QED) is 0.565. The Labute approximate surface area is 152 Å². The van der Waals surface area contributed by atoms with E-state index in [1.54, 1.807) is 30.3 Å². The van der Waals surface area contributed by atoms with Crippen molar-refractivity contribution in [3.8, 4) is 11.3 Å². The maximum atomic E-state index is 12.3. The van der Waals surface area contributed by atoms with Gasteiger partial charge in [0.25, 0.3) is 5.91 Å². The monoisotopic (exact) mass is 404 g/mol. The molecule has 4 nitrogen and oxygen atoms in total. The van der Waals surface area contributed by atoms with Gasteiger partial charge in [-0.1, -0.05) is 39.7 Å². The van der Waals surface area contributed by atoms with Crippen LogP contribution in [0.5, 0.6) is 0 Å². The van der Waals surface area contributed by atoms with E-state index in [1.807, 2.05) is 25.1 Å². The molecular formula is C18H14BrClN2O2. The van der Waals surface area contributed by atoms with Crippen LogP contribution in [-0.4, -0.2) is 5.91 Å². The van der Waals surface area contributed by atoms with Crippen LogP contribution in [0.4, 0.5) is 11.4 Å². The Morgan fingerprint density at radius 1 is 1.21 bits per heavy atom. The summed E-state index contributed by atoms with van der Waals surface area (Å²) in [6, 6.07) is 14.2. The smallest absolute Gasteiger partial charge is 0.291 e. The zero-order chi connectivity index (χ0) is 17.3. The summed E-state index contributed by atoms with van der Waals surface area (Å²) in [5.41, 5.74) is 8.64. The summed E-state index contributed by atoms with van der Waals surface area (Å²) in [5, 5.41) is 3.39. The fraction of sp³-hybridized carbons (Fsp3) is 0.0556. The van der Waals surface area contributed by atoms with Gasteiger partial charge in [0, 0.05) is 15.1 Å². The fourth-order valence-electron chi connectivity index (χ4n) is 2.31. The van der Waals surface area contributed by atoms with E-state index in [0.29, 0.717) is 22.2 Å². The molecule has 24 heavy (non-hydrogen) atoms. The van der Waals surface area contributed by atoms with Gasteiger partial charge in [0.15, 0.2) is 5.76 Å². The second kappa shape index (κ2) is 6.71. The molecule has 0 bridgehead atoms. The van der Waals surface area contributed by atoms with Crippen molar-refractivity contribution in [3.63, 3.8) is 0 Å². The molecule has 3 N–H and O–H groups in total. The zero-order valence-electron chi connectivity index (χ0n) is 12.8. The van der Waals surface area contributed by atoms with Crippen LogP contribution < -0.4 is 11.1 Å². The molecule has 0 spiro atoms. The number of nitrogens with one attached hydrogen (secondary N) is 1. The number of nitrogen functional groups attached to an aromatic ring is 1. The van der Waals surface area contributed by atoms with Gasteiger partial charge >= 0.3 is 0 Å². The summed E-state index contributed by atoms with van der Waals surface area (Å²) in [5.74, 6) is 0.422. The number of carbonyl (C=O) groups is 1. The largest absolute Gasteiger partial charge is 0.451 e. The van der Waals surface area contributed by atoms with E-state index in [9.17, 15) is 4.79 Å². The Morgan fingerprint density at radius 3 is 2.75 bits per heavy atom. The molecule has 0 aliphatic rings. The highest BCUT2D eigenvalue weighted by atomic mass is 79.9. The fourth-order valence-corrected chi connectivity index (χ4v) is 2.86. The number of hydrogen-bond donors (Lipinski definition) is 2. The minimum atomic E-state index is -0.366. The first-order valence-corrected chi connectivity index (χ1v) is 8.34. The predicted molar refractivity (Wildman–Crippen MR) is 100 cm³/mol. The lowest BCUT2D eigenvalue weighted by atomic mass is 10.1. The van der Waals surface area contributed by atoms with Crippen LogP contribution in [0.15, 0.2) is 57.4 Å². The summed E-state index contributed by atoms with van der Waals surface area (Å²) >= 11 is 9.46. The van der Waals surface area contributed by atoms with Gasteiger partial charge in [0.2, 0.25) is 0 Å². The van der Waals surface area contributed by atoms with Crippen LogP contribution in [0.3, 0.4) is 0 Å². The van der Waals surface area contributed by atoms with Crippen molar-refractivity contribution >= 4 is 44.8 Å². The van der Waals surface area contributed by atoms with E-state index in [4.69, 9.17) is 21.8 Å². The highest BCUT2D eigenvalue weighted by Gasteiger charge is 2.15. The first kappa shape index (κ1) is 16.6. The van der Waals surface area contributed by atoms with Crippen molar-refractivity contribution in [2.45, 2.75) is 6.92 Å². The lowest BCUT2D eigenvalue weighted by Gasteiger charge is -2.07. The van der Waals surface area contributed by atoms with E-state index in [2.05, 4.69) is 21.2 Å². The molecule has 0 aliphatic heterocycles. The van der Waals surface area contributed by atoms with Crippen molar-refractivity contribution in [2.75, 3.05) is 11.1 Å². The van der Waals surface area contributed by atoms with Crippen LogP contribution in [-0.2, 0) is 0 Å². The van der Waals surface area contributed by atoms with Gasteiger partial charge < -0.3 is 15.5 Å². The molecule has 1 aromatic heterocycles. The van der Waals surface area contributed by atoms with Crippen molar-refractivity contribution in [1.29, 1.82) is 0 Å². The molecule has 0 atom stereocenters. The minimum Gasteiger partial charge on any atom is -0.451 e. The molecule has 0 saturated carbocycles. The van der Waals surface area contributed by atoms with Gasteiger partial charge in [0.1, 0.15) is 5.76 Å². The van der Waals surface area contributed by atoms with Crippen LogP contribution in [0.25, 0.3) is 11.3 Å². The summed E-state index contributed by atoms with van der Waals surface area (Å²) in [4.78, 5) is 12.3. The summed E-state index contributed by atoms with van der Waals surface area (Å²) in [6.45, 7) is 1.91. The SMILES string of the molecule is Cc1c(Cl)cccc1-c1ccc(C(=O)Nc2ccc(Br)cc2N)o1. The highest BCUT2D eigenvalue weighted by Crippen LogP contribution is 2.30. The van der Waals surface area contributed by atoms with E-state index < -0.39 is 0 Å². The first-order valence-electron chi connectivity index (χ1n) is 7.17. The molecule has 0 unspecified atom stereocenters. The number of nitrogens with two attached hydrogens (primary N) is 1. The van der Waals surface area contributed by atoms with E-state index in [1.165, 1.54) is 0 Å². The second-order valence-electron chi connectivity index (χ2n) is 5.26. The molecule has 1 amide bonds. The Hall–Kier alpha value is -2.24. The van der Waals surface area contributed by atoms with Gasteiger partial charge in [0.05, 0.1) is 11.4 Å². The number of anilines is 2. The summed E-state index contributed by atoms with van der Waals surface area (Å²) < 4.78 is 6.52. The third kappa shape index (κ3) is 3.32. The summed E-state index contributed by atoms with van der Waals surface area (Å²) in [7, 11) is 0. The normalized spacial score (nSPS) is 10.6. The molecule has 2 aromatic carbocycles. The van der Waals surface area contributed by atoms with Gasteiger partial charge in [-0.15, -0.1) is 0 Å². The van der Waals surface area contributed by atoms with Crippen LogP contribution in [0, 0.1) is 6.92 Å². The Morgan fingerprint density at radius 2 is 2.00 bits per heavy atom. The topological polar surface area (TPSA) is 68.3 Å². The van der Waals surface area contributed by atoms with Crippen LogP contribution >= 0.6 is 27.5 Å². The molecule has 0 saturated heterocycles. The number of halogens is 2. The first-order chi connectivity index (χ1) is 11.5. The molecular weight excluding hydrogens is 392 g/mol. The second-order valence-corrected chi connectivity index (χ2v) is 6.58. The lowest BCUT2D eigenvalue weighted by Crippen LogP contribution is -2.12. The number of benzene rings is 2. The molecule has 0 fully saturated rings. The highest BCUT2D eigenvalue weighted by molar-refractivity contribution is 9.10. The third-order valence-electron chi connectivity index (χ3n) is 3.62. The molecule has 3 aromatic rings. The van der Waals surface area contributed by atoms with E-state index in [-0.39, 0.29) is 11.7 Å². The van der Waals surface area contributed by atoms with Gasteiger partial charge in [-0.25, -0.2) is 0 Å². The lowest BCUT2D eigenvalue weighted by molar-refractivity contribution is 0.0997. The average molecular weight is 406 g/mol. The van der Waals surface area contributed by atoms with Crippen molar-refractivity contribution in [1.82, 2.24) is 0 Å². The van der Waals surface area contributed by atoms with E-state index in [0.717, 1.165) is 15.6 Å². The number of furan rings is 1. The average Bonchev–Trinajstić information content (AvgIpc) is 3.02. The molecule has 122 valence electrons. The van der Waals surface area contributed by atoms with Crippen LogP contribution in [0.2, 0.25) is 5.02 Å². The molecule has 1 heterocycles.